The number of rotatable bonds is 4. The summed E-state index contributed by atoms with van der Waals surface area (Å²) in [5.41, 5.74) is 2.19. The molecule has 0 bridgehead atoms. The molecule has 0 heterocycles. The monoisotopic (exact) mass is 206 g/mol. The van der Waals surface area contributed by atoms with Crippen LogP contribution in [-0.4, -0.2) is 22.3 Å². The summed E-state index contributed by atoms with van der Waals surface area (Å²) in [6.07, 6.45) is 1.41. The average molecular weight is 206 g/mol. The van der Waals surface area contributed by atoms with Crippen molar-refractivity contribution >= 4 is 5.97 Å². The molecule has 1 aliphatic rings. The number of carbonyl (C=O) groups is 1. The normalized spacial score (nSPS) is 17.4. The molecule has 0 spiro atoms. The van der Waals surface area contributed by atoms with E-state index in [1.165, 1.54) is 18.4 Å². The third-order valence-electron chi connectivity index (χ3n) is 2.74. The van der Waals surface area contributed by atoms with Crippen molar-refractivity contribution in [2.45, 2.75) is 31.3 Å². The van der Waals surface area contributed by atoms with E-state index in [0.29, 0.717) is 5.92 Å². The molecule has 1 saturated carbocycles. The van der Waals surface area contributed by atoms with Crippen molar-refractivity contribution in [3.05, 3.63) is 35.4 Å². The van der Waals surface area contributed by atoms with E-state index in [2.05, 4.69) is 0 Å². The van der Waals surface area contributed by atoms with E-state index in [9.17, 15) is 9.90 Å². The number of aliphatic hydroxyl groups is 1. The van der Waals surface area contributed by atoms with Crippen molar-refractivity contribution in [2.24, 2.45) is 0 Å². The molecule has 2 rings (SSSR count). The molecule has 0 amide bonds. The Bertz CT molecular complexity index is 352. The second kappa shape index (κ2) is 4.03. The zero-order chi connectivity index (χ0) is 10.8. The van der Waals surface area contributed by atoms with E-state index in [1.807, 2.05) is 24.3 Å². The van der Waals surface area contributed by atoms with Gasteiger partial charge in [-0.25, -0.2) is 4.79 Å². The summed E-state index contributed by atoms with van der Waals surface area (Å²) in [5, 5.41) is 17.7. The van der Waals surface area contributed by atoms with E-state index in [-0.39, 0.29) is 6.42 Å². The minimum Gasteiger partial charge on any atom is -0.479 e. The van der Waals surface area contributed by atoms with Crippen molar-refractivity contribution in [3.8, 4) is 0 Å². The highest BCUT2D eigenvalue weighted by molar-refractivity contribution is 5.72. The van der Waals surface area contributed by atoms with Crippen LogP contribution >= 0.6 is 0 Å². The summed E-state index contributed by atoms with van der Waals surface area (Å²) >= 11 is 0. The summed E-state index contributed by atoms with van der Waals surface area (Å²) in [6.45, 7) is 0. The van der Waals surface area contributed by atoms with Gasteiger partial charge in [0.05, 0.1) is 0 Å². The van der Waals surface area contributed by atoms with Gasteiger partial charge < -0.3 is 10.2 Å². The fraction of sp³-hybridized carbons (Fsp3) is 0.417. The van der Waals surface area contributed by atoms with Gasteiger partial charge in [-0.05, 0) is 29.9 Å². The van der Waals surface area contributed by atoms with Crippen LogP contribution in [-0.2, 0) is 11.2 Å². The molecular formula is C12H14O3. The number of carboxylic acid groups (broad SMARTS) is 1. The van der Waals surface area contributed by atoms with Gasteiger partial charge in [-0.15, -0.1) is 0 Å². The van der Waals surface area contributed by atoms with Crippen LogP contribution in [0.15, 0.2) is 24.3 Å². The molecule has 3 nitrogen and oxygen atoms in total. The first kappa shape index (κ1) is 10.2. The predicted octanol–water partition coefficient (Wildman–Crippen LogP) is 1.55. The van der Waals surface area contributed by atoms with Crippen LogP contribution < -0.4 is 0 Å². The molecule has 0 aliphatic heterocycles. The van der Waals surface area contributed by atoms with Gasteiger partial charge in [0.1, 0.15) is 0 Å². The first-order valence-electron chi connectivity index (χ1n) is 5.16. The average Bonchev–Trinajstić information content (AvgIpc) is 3.02. The van der Waals surface area contributed by atoms with E-state index in [1.54, 1.807) is 0 Å². The number of carboxylic acids is 1. The Kier molecular flexibility index (Phi) is 2.73. The molecular weight excluding hydrogens is 192 g/mol. The van der Waals surface area contributed by atoms with Gasteiger partial charge in [0.2, 0.25) is 0 Å². The highest BCUT2D eigenvalue weighted by Crippen LogP contribution is 2.39. The highest BCUT2D eigenvalue weighted by Gasteiger charge is 2.23. The SMILES string of the molecule is O=C(O)C(O)Cc1ccc(C2CC2)cc1. The summed E-state index contributed by atoms with van der Waals surface area (Å²) in [6, 6.07) is 7.86. The fourth-order valence-electron chi connectivity index (χ4n) is 1.65. The third-order valence-corrected chi connectivity index (χ3v) is 2.74. The molecule has 1 aromatic rings. The molecule has 0 radical (unpaired) electrons. The van der Waals surface area contributed by atoms with Crippen LogP contribution in [0.1, 0.15) is 29.9 Å². The van der Waals surface area contributed by atoms with Gasteiger partial charge in [0, 0.05) is 6.42 Å². The zero-order valence-electron chi connectivity index (χ0n) is 8.39. The Labute approximate surface area is 88.4 Å². The van der Waals surface area contributed by atoms with E-state index in [0.717, 1.165) is 5.56 Å². The van der Waals surface area contributed by atoms with Crippen molar-refractivity contribution < 1.29 is 15.0 Å². The second-order valence-corrected chi connectivity index (χ2v) is 4.07. The van der Waals surface area contributed by atoms with Crippen LogP contribution in [0.3, 0.4) is 0 Å². The van der Waals surface area contributed by atoms with Crippen LogP contribution in [0, 0.1) is 0 Å². The van der Waals surface area contributed by atoms with Crippen LogP contribution in [0.4, 0.5) is 0 Å². The summed E-state index contributed by atoms with van der Waals surface area (Å²) in [4.78, 5) is 10.4. The zero-order valence-corrected chi connectivity index (χ0v) is 8.39. The van der Waals surface area contributed by atoms with E-state index < -0.39 is 12.1 Å². The molecule has 80 valence electrons. The standard InChI is InChI=1S/C12H14O3/c13-11(12(14)15)7-8-1-3-9(4-2-8)10-5-6-10/h1-4,10-11,13H,5-7H2,(H,14,15). The second-order valence-electron chi connectivity index (χ2n) is 4.07. The van der Waals surface area contributed by atoms with Gasteiger partial charge in [0.25, 0.3) is 0 Å². The Morgan fingerprint density at radius 3 is 2.40 bits per heavy atom. The van der Waals surface area contributed by atoms with Crippen molar-refractivity contribution in [1.29, 1.82) is 0 Å². The molecule has 1 atom stereocenters. The smallest absolute Gasteiger partial charge is 0.332 e. The van der Waals surface area contributed by atoms with Crippen LogP contribution in [0.5, 0.6) is 0 Å². The minimum atomic E-state index is -1.29. The molecule has 3 heteroatoms. The van der Waals surface area contributed by atoms with Gasteiger partial charge in [-0.2, -0.15) is 0 Å². The lowest BCUT2D eigenvalue weighted by atomic mass is 10.0. The van der Waals surface area contributed by atoms with E-state index in [4.69, 9.17) is 5.11 Å². The van der Waals surface area contributed by atoms with Crippen LogP contribution in [0.2, 0.25) is 0 Å². The van der Waals surface area contributed by atoms with Crippen LogP contribution in [0.25, 0.3) is 0 Å². The fourth-order valence-corrected chi connectivity index (χ4v) is 1.65. The Hall–Kier alpha value is -1.35. The Morgan fingerprint density at radius 1 is 1.33 bits per heavy atom. The topological polar surface area (TPSA) is 57.5 Å². The molecule has 15 heavy (non-hydrogen) atoms. The first-order chi connectivity index (χ1) is 7.16. The summed E-state index contributed by atoms with van der Waals surface area (Å²) < 4.78 is 0. The molecule has 1 fully saturated rings. The third kappa shape index (κ3) is 2.57. The van der Waals surface area contributed by atoms with E-state index >= 15 is 0 Å². The molecule has 1 unspecified atom stereocenters. The maximum Gasteiger partial charge on any atom is 0.332 e. The van der Waals surface area contributed by atoms with Gasteiger partial charge in [-0.3, -0.25) is 0 Å². The molecule has 1 aromatic carbocycles. The highest BCUT2D eigenvalue weighted by atomic mass is 16.4. The maximum atomic E-state index is 10.4. The number of aliphatic carboxylic acids is 1. The maximum absolute atomic E-state index is 10.4. The lowest BCUT2D eigenvalue weighted by Crippen LogP contribution is -2.21. The Morgan fingerprint density at radius 2 is 1.93 bits per heavy atom. The number of hydrogen-bond acceptors (Lipinski definition) is 2. The first-order valence-corrected chi connectivity index (χ1v) is 5.16. The van der Waals surface area contributed by atoms with Crippen molar-refractivity contribution in [2.75, 3.05) is 0 Å². The molecule has 0 saturated heterocycles. The number of benzene rings is 1. The van der Waals surface area contributed by atoms with Gasteiger partial charge in [0.15, 0.2) is 6.10 Å². The molecule has 1 aliphatic carbocycles. The van der Waals surface area contributed by atoms with Gasteiger partial charge in [-0.1, -0.05) is 24.3 Å². The largest absolute Gasteiger partial charge is 0.479 e. The quantitative estimate of drug-likeness (QED) is 0.785. The van der Waals surface area contributed by atoms with Crippen molar-refractivity contribution in [3.63, 3.8) is 0 Å². The molecule has 2 N–H and O–H groups in total. The number of hydrogen-bond donors (Lipinski definition) is 2. The lowest BCUT2D eigenvalue weighted by molar-refractivity contribution is -0.146. The Balaban J connectivity index is 2.00. The molecule has 0 aromatic heterocycles. The van der Waals surface area contributed by atoms with Gasteiger partial charge >= 0.3 is 5.97 Å². The predicted molar refractivity (Wildman–Crippen MR) is 55.8 cm³/mol. The summed E-state index contributed by atoms with van der Waals surface area (Å²) in [7, 11) is 0. The summed E-state index contributed by atoms with van der Waals surface area (Å²) in [5.74, 6) is -0.454. The number of aliphatic hydroxyl groups excluding tert-OH is 1. The van der Waals surface area contributed by atoms with Crippen molar-refractivity contribution in [1.82, 2.24) is 0 Å². The minimum absolute atomic E-state index is 0.181. The lowest BCUT2D eigenvalue weighted by Gasteiger charge is -2.06.